The second-order valence-corrected chi connectivity index (χ2v) is 6.98. The van der Waals surface area contributed by atoms with E-state index in [0.717, 1.165) is 38.5 Å². The van der Waals surface area contributed by atoms with Gasteiger partial charge in [-0.05, 0) is 50.8 Å². The number of nitrogens with one attached hydrogen (secondary N) is 2. The highest BCUT2D eigenvalue weighted by molar-refractivity contribution is 5.80. The Balaban J connectivity index is 2.05. The zero-order chi connectivity index (χ0) is 17.6. The fourth-order valence-electron chi connectivity index (χ4n) is 2.98. The van der Waals surface area contributed by atoms with Gasteiger partial charge in [0.05, 0.1) is 12.1 Å². The molecule has 1 aliphatic rings. The summed E-state index contributed by atoms with van der Waals surface area (Å²) in [4.78, 5) is 6.91. The standard InChI is InChI=1S/C19H32N4O/c1-6-20-18(22-14-19(3)10-7-11-24-19)21-13-16-9-8-15(2)12-17(16)23(4)5/h8-9,12H,6-7,10-11,13-14H2,1-5H3,(H2,20,21,22). The SMILES string of the molecule is CCNC(=NCc1ccc(C)cc1N(C)C)NCC1(C)CCCO1. The van der Waals surface area contributed by atoms with Gasteiger partial charge in [0.1, 0.15) is 0 Å². The van der Waals surface area contributed by atoms with Crippen molar-refractivity contribution in [3.05, 3.63) is 29.3 Å². The summed E-state index contributed by atoms with van der Waals surface area (Å²) in [6.45, 7) is 9.52. The molecule has 1 atom stereocenters. The number of ether oxygens (including phenoxy) is 1. The van der Waals surface area contributed by atoms with Crippen molar-refractivity contribution in [2.75, 3.05) is 38.7 Å². The van der Waals surface area contributed by atoms with Crippen LogP contribution in [0.4, 0.5) is 5.69 Å². The molecule has 5 heteroatoms. The first-order chi connectivity index (χ1) is 11.4. The molecule has 0 bridgehead atoms. The quantitative estimate of drug-likeness (QED) is 0.621. The minimum atomic E-state index is -0.0746. The number of nitrogens with zero attached hydrogens (tertiary/aromatic N) is 2. The van der Waals surface area contributed by atoms with Crippen LogP contribution in [0.2, 0.25) is 0 Å². The molecule has 1 aromatic carbocycles. The van der Waals surface area contributed by atoms with Crippen molar-refractivity contribution in [1.29, 1.82) is 0 Å². The highest BCUT2D eigenvalue weighted by atomic mass is 16.5. The molecule has 1 fully saturated rings. The molecule has 0 aromatic heterocycles. The summed E-state index contributed by atoms with van der Waals surface area (Å²) in [5.41, 5.74) is 3.64. The highest BCUT2D eigenvalue weighted by Gasteiger charge is 2.29. The monoisotopic (exact) mass is 332 g/mol. The maximum Gasteiger partial charge on any atom is 0.191 e. The van der Waals surface area contributed by atoms with Crippen molar-refractivity contribution >= 4 is 11.6 Å². The van der Waals surface area contributed by atoms with Gasteiger partial charge in [-0.15, -0.1) is 0 Å². The lowest BCUT2D eigenvalue weighted by molar-refractivity contribution is 0.0243. The van der Waals surface area contributed by atoms with Crippen LogP contribution in [-0.4, -0.2) is 45.4 Å². The van der Waals surface area contributed by atoms with Crippen LogP contribution in [0.1, 0.15) is 37.8 Å². The van der Waals surface area contributed by atoms with Gasteiger partial charge >= 0.3 is 0 Å². The summed E-state index contributed by atoms with van der Waals surface area (Å²) in [5, 5.41) is 6.76. The molecule has 1 heterocycles. The van der Waals surface area contributed by atoms with Gasteiger partial charge in [0.2, 0.25) is 0 Å². The number of anilines is 1. The Hall–Kier alpha value is -1.75. The molecule has 1 unspecified atom stereocenters. The minimum Gasteiger partial charge on any atom is -0.377 e. The van der Waals surface area contributed by atoms with Crippen LogP contribution in [0.25, 0.3) is 0 Å². The average Bonchev–Trinajstić information content (AvgIpc) is 2.98. The normalized spacial score (nSPS) is 21.0. The fourth-order valence-corrected chi connectivity index (χ4v) is 2.98. The Morgan fingerprint density at radius 3 is 2.75 bits per heavy atom. The van der Waals surface area contributed by atoms with Crippen LogP contribution in [0.5, 0.6) is 0 Å². The van der Waals surface area contributed by atoms with Crippen molar-refractivity contribution in [2.24, 2.45) is 4.99 Å². The van der Waals surface area contributed by atoms with Gasteiger partial charge in [-0.2, -0.15) is 0 Å². The first-order valence-electron chi connectivity index (χ1n) is 8.86. The van der Waals surface area contributed by atoms with Crippen molar-refractivity contribution in [3.63, 3.8) is 0 Å². The summed E-state index contributed by atoms with van der Waals surface area (Å²) in [6, 6.07) is 6.52. The summed E-state index contributed by atoms with van der Waals surface area (Å²) in [5.74, 6) is 0.847. The number of benzene rings is 1. The molecule has 2 rings (SSSR count). The topological polar surface area (TPSA) is 48.9 Å². The summed E-state index contributed by atoms with van der Waals surface area (Å²) in [7, 11) is 4.15. The van der Waals surface area contributed by atoms with Crippen LogP contribution in [0, 0.1) is 6.92 Å². The number of guanidine groups is 1. The fraction of sp³-hybridized carbons (Fsp3) is 0.632. The van der Waals surface area contributed by atoms with E-state index >= 15 is 0 Å². The first-order valence-corrected chi connectivity index (χ1v) is 8.86. The van der Waals surface area contributed by atoms with E-state index in [1.54, 1.807) is 0 Å². The Morgan fingerprint density at radius 2 is 2.12 bits per heavy atom. The summed E-state index contributed by atoms with van der Waals surface area (Å²) >= 11 is 0. The lowest BCUT2D eigenvalue weighted by Gasteiger charge is -2.25. The molecule has 0 spiro atoms. The van der Waals surface area contributed by atoms with Crippen LogP contribution < -0.4 is 15.5 Å². The molecule has 5 nitrogen and oxygen atoms in total. The average molecular weight is 332 g/mol. The van der Waals surface area contributed by atoms with E-state index in [0.29, 0.717) is 6.54 Å². The molecule has 1 saturated heterocycles. The van der Waals surface area contributed by atoms with Crippen LogP contribution in [-0.2, 0) is 11.3 Å². The van der Waals surface area contributed by atoms with Gasteiger partial charge in [-0.3, -0.25) is 0 Å². The Morgan fingerprint density at radius 1 is 1.33 bits per heavy atom. The number of rotatable bonds is 6. The number of hydrogen-bond donors (Lipinski definition) is 2. The largest absolute Gasteiger partial charge is 0.377 e. The van der Waals surface area contributed by atoms with Crippen molar-refractivity contribution in [1.82, 2.24) is 10.6 Å². The summed E-state index contributed by atoms with van der Waals surface area (Å²) < 4.78 is 5.84. The predicted molar refractivity (Wildman–Crippen MR) is 102 cm³/mol. The van der Waals surface area contributed by atoms with E-state index < -0.39 is 0 Å². The van der Waals surface area contributed by atoms with Gasteiger partial charge in [-0.25, -0.2) is 4.99 Å². The van der Waals surface area contributed by atoms with Gasteiger partial charge < -0.3 is 20.3 Å². The van der Waals surface area contributed by atoms with Gasteiger partial charge in [0.25, 0.3) is 0 Å². The predicted octanol–water partition coefficient (Wildman–Crippen LogP) is 2.69. The molecule has 0 saturated carbocycles. The smallest absolute Gasteiger partial charge is 0.191 e. The molecule has 24 heavy (non-hydrogen) atoms. The summed E-state index contributed by atoms with van der Waals surface area (Å²) in [6.07, 6.45) is 2.24. The molecule has 1 aromatic rings. The third-order valence-electron chi connectivity index (χ3n) is 4.40. The molecule has 0 aliphatic carbocycles. The molecular weight excluding hydrogens is 300 g/mol. The lowest BCUT2D eigenvalue weighted by atomic mass is 10.0. The maximum atomic E-state index is 5.84. The van der Waals surface area contributed by atoms with Crippen molar-refractivity contribution in [3.8, 4) is 0 Å². The lowest BCUT2D eigenvalue weighted by Crippen LogP contribution is -2.45. The van der Waals surface area contributed by atoms with E-state index in [1.165, 1.54) is 16.8 Å². The number of aryl methyl sites for hydroxylation is 1. The molecule has 1 aliphatic heterocycles. The zero-order valence-electron chi connectivity index (χ0n) is 15.8. The highest BCUT2D eigenvalue weighted by Crippen LogP contribution is 2.24. The van der Waals surface area contributed by atoms with Gasteiger partial charge in [-0.1, -0.05) is 12.1 Å². The van der Waals surface area contributed by atoms with Crippen molar-refractivity contribution < 1.29 is 4.74 Å². The van der Waals surface area contributed by atoms with E-state index in [4.69, 9.17) is 9.73 Å². The number of hydrogen-bond acceptors (Lipinski definition) is 3. The Kier molecular flexibility index (Phi) is 6.49. The van der Waals surface area contributed by atoms with E-state index in [9.17, 15) is 0 Å². The van der Waals surface area contributed by atoms with Crippen LogP contribution in [0.15, 0.2) is 23.2 Å². The van der Waals surface area contributed by atoms with E-state index in [-0.39, 0.29) is 5.60 Å². The molecule has 0 radical (unpaired) electrons. The van der Waals surface area contributed by atoms with Crippen LogP contribution >= 0.6 is 0 Å². The third-order valence-corrected chi connectivity index (χ3v) is 4.40. The zero-order valence-corrected chi connectivity index (χ0v) is 15.8. The first kappa shape index (κ1) is 18.6. The molecule has 0 amide bonds. The number of aliphatic imine (C=N–C) groups is 1. The Labute approximate surface area is 146 Å². The second-order valence-electron chi connectivity index (χ2n) is 6.98. The maximum absolute atomic E-state index is 5.84. The van der Waals surface area contributed by atoms with Crippen molar-refractivity contribution in [2.45, 2.75) is 45.8 Å². The van der Waals surface area contributed by atoms with E-state index in [2.05, 4.69) is 68.6 Å². The van der Waals surface area contributed by atoms with E-state index in [1.807, 2.05) is 0 Å². The van der Waals surface area contributed by atoms with Crippen LogP contribution in [0.3, 0.4) is 0 Å². The Bertz CT molecular complexity index is 562. The van der Waals surface area contributed by atoms with Gasteiger partial charge in [0.15, 0.2) is 5.96 Å². The molecule has 2 N–H and O–H groups in total. The molecule has 134 valence electrons. The van der Waals surface area contributed by atoms with Gasteiger partial charge in [0, 0.05) is 39.5 Å². The second kappa shape index (κ2) is 8.38. The third kappa shape index (κ3) is 5.13. The minimum absolute atomic E-state index is 0.0746. The molecular formula is C19H32N4O.